The summed E-state index contributed by atoms with van der Waals surface area (Å²) in [5.74, 6) is 0.140. The van der Waals surface area contributed by atoms with Crippen molar-refractivity contribution >= 4 is 5.82 Å². The van der Waals surface area contributed by atoms with Crippen molar-refractivity contribution in [2.24, 2.45) is 0 Å². The molecule has 0 aliphatic rings. The summed E-state index contributed by atoms with van der Waals surface area (Å²) < 4.78 is 38.0. The van der Waals surface area contributed by atoms with Crippen LogP contribution >= 0.6 is 0 Å². The molecule has 0 saturated carbocycles. The Kier molecular flexibility index (Phi) is 2.30. The maximum absolute atomic E-state index is 12.3. The van der Waals surface area contributed by atoms with Gasteiger partial charge in [0.15, 0.2) is 11.5 Å². The third kappa shape index (κ3) is 1.83. The molecule has 0 fully saturated rings. The van der Waals surface area contributed by atoms with E-state index in [1.807, 2.05) is 0 Å². The zero-order valence-corrected chi connectivity index (χ0v) is 7.94. The highest BCUT2D eigenvalue weighted by atomic mass is 19.4. The molecule has 0 spiro atoms. The number of anilines is 1. The van der Waals surface area contributed by atoms with Gasteiger partial charge in [-0.05, 0) is 12.1 Å². The third-order valence-corrected chi connectivity index (χ3v) is 1.89. The molecule has 0 unspecified atom stereocenters. The van der Waals surface area contributed by atoms with Crippen LogP contribution in [-0.4, -0.2) is 14.8 Å². The molecule has 4 nitrogen and oxygen atoms in total. The average Bonchev–Trinajstić information content (AvgIpc) is 2.61. The third-order valence-electron chi connectivity index (χ3n) is 1.89. The van der Waals surface area contributed by atoms with Crippen molar-refractivity contribution in [3.8, 4) is 5.82 Å². The molecule has 0 radical (unpaired) electrons. The summed E-state index contributed by atoms with van der Waals surface area (Å²) in [6, 6.07) is 5.57. The van der Waals surface area contributed by atoms with Crippen LogP contribution in [-0.2, 0) is 6.18 Å². The maximum Gasteiger partial charge on any atom is 0.435 e. The van der Waals surface area contributed by atoms with Gasteiger partial charge in [0.05, 0.1) is 0 Å². The molecule has 2 N–H and O–H groups in total. The number of rotatable bonds is 1. The Morgan fingerprint density at radius 3 is 2.50 bits per heavy atom. The smallest absolute Gasteiger partial charge is 0.384 e. The van der Waals surface area contributed by atoms with Gasteiger partial charge in [-0.3, -0.25) is 0 Å². The number of hydrogen-bond donors (Lipinski definition) is 1. The van der Waals surface area contributed by atoms with E-state index >= 15 is 0 Å². The van der Waals surface area contributed by atoms with E-state index in [2.05, 4.69) is 10.1 Å². The number of nitrogens with two attached hydrogens (primary N) is 1. The second-order valence-electron chi connectivity index (χ2n) is 3.05. The van der Waals surface area contributed by atoms with Gasteiger partial charge in [-0.25, -0.2) is 4.98 Å². The van der Waals surface area contributed by atoms with E-state index in [4.69, 9.17) is 5.73 Å². The summed E-state index contributed by atoms with van der Waals surface area (Å²) >= 11 is 0. The Hall–Kier alpha value is -2.05. The van der Waals surface area contributed by atoms with Crippen molar-refractivity contribution < 1.29 is 13.2 Å². The first kappa shape index (κ1) is 10.5. The van der Waals surface area contributed by atoms with Gasteiger partial charge in [-0.2, -0.15) is 23.0 Å². The number of nitrogen functional groups attached to an aromatic ring is 1. The molecule has 7 heteroatoms. The van der Waals surface area contributed by atoms with E-state index in [-0.39, 0.29) is 11.6 Å². The first-order valence-corrected chi connectivity index (χ1v) is 4.32. The van der Waals surface area contributed by atoms with Crippen LogP contribution in [0.2, 0.25) is 0 Å². The largest absolute Gasteiger partial charge is 0.435 e. The van der Waals surface area contributed by atoms with E-state index < -0.39 is 11.9 Å². The molecule has 0 amide bonds. The zero-order chi connectivity index (χ0) is 11.8. The standard InChI is InChI=1S/C9H7F3N4/c10-9(11,12)6-5-7(13)16(15-6)8-3-1-2-4-14-8/h1-5H,13H2. The van der Waals surface area contributed by atoms with Crippen molar-refractivity contribution in [3.63, 3.8) is 0 Å². The van der Waals surface area contributed by atoms with Crippen LogP contribution in [0.25, 0.3) is 5.82 Å². The van der Waals surface area contributed by atoms with E-state index in [0.29, 0.717) is 0 Å². The lowest BCUT2D eigenvalue weighted by molar-refractivity contribution is -0.141. The highest BCUT2D eigenvalue weighted by Gasteiger charge is 2.34. The molecule has 0 saturated heterocycles. The van der Waals surface area contributed by atoms with Gasteiger partial charge in [0.1, 0.15) is 5.82 Å². The van der Waals surface area contributed by atoms with Gasteiger partial charge in [-0.1, -0.05) is 6.07 Å². The summed E-state index contributed by atoms with van der Waals surface area (Å²) in [6.07, 6.45) is -3.06. The first-order chi connectivity index (χ1) is 7.48. The van der Waals surface area contributed by atoms with Crippen molar-refractivity contribution in [3.05, 3.63) is 36.2 Å². The predicted molar refractivity (Wildman–Crippen MR) is 50.8 cm³/mol. The number of nitrogens with zero attached hydrogens (tertiary/aromatic N) is 3. The Labute approximate surface area is 88.5 Å². The number of halogens is 3. The van der Waals surface area contributed by atoms with E-state index in [0.717, 1.165) is 10.7 Å². The van der Waals surface area contributed by atoms with Gasteiger partial charge in [-0.15, -0.1) is 0 Å². The topological polar surface area (TPSA) is 56.7 Å². The van der Waals surface area contributed by atoms with Crippen LogP contribution in [0.4, 0.5) is 19.0 Å². The number of alkyl halides is 3. The lowest BCUT2D eigenvalue weighted by Gasteiger charge is -2.02. The summed E-state index contributed by atoms with van der Waals surface area (Å²) in [5, 5.41) is 3.36. The molecule has 2 heterocycles. The van der Waals surface area contributed by atoms with Crippen molar-refractivity contribution in [2.75, 3.05) is 5.73 Å². The summed E-state index contributed by atoms with van der Waals surface area (Å²) in [4.78, 5) is 3.86. The first-order valence-electron chi connectivity index (χ1n) is 4.32. The normalized spacial score (nSPS) is 11.7. The number of aromatic nitrogens is 3. The number of pyridine rings is 1. The van der Waals surface area contributed by atoms with Gasteiger partial charge >= 0.3 is 6.18 Å². The van der Waals surface area contributed by atoms with E-state index in [1.165, 1.54) is 12.3 Å². The lowest BCUT2D eigenvalue weighted by atomic mass is 10.4. The molecule has 0 aromatic carbocycles. The molecule has 84 valence electrons. The zero-order valence-electron chi connectivity index (χ0n) is 7.94. The fourth-order valence-electron chi connectivity index (χ4n) is 1.20. The predicted octanol–water partition coefficient (Wildman–Crippen LogP) is 1.87. The molecular weight excluding hydrogens is 221 g/mol. The Balaban J connectivity index is 2.48. The summed E-state index contributed by atoms with van der Waals surface area (Å²) in [7, 11) is 0. The van der Waals surface area contributed by atoms with Crippen LogP contribution in [0.3, 0.4) is 0 Å². The van der Waals surface area contributed by atoms with E-state index in [9.17, 15) is 13.2 Å². The summed E-state index contributed by atoms with van der Waals surface area (Å²) in [5.41, 5.74) is 4.40. The highest BCUT2D eigenvalue weighted by molar-refractivity contribution is 5.39. The van der Waals surface area contributed by atoms with Gasteiger partial charge in [0.25, 0.3) is 0 Å². The van der Waals surface area contributed by atoms with Crippen LogP contribution in [0.15, 0.2) is 30.5 Å². The second kappa shape index (κ2) is 3.51. The van der Waals surface area contributed by atoms with Crippen molar-refractivity contribution in [1.29, 1.82) is 0 Å². The molecule has 16 heavy (non-hydrogen) atoms. The minimum atomic E-state index is -4.51. The summed E-state index contributed by atoms with van der Waals surface area (Å²) in [6.45, 7) is 0. The average molecular weight is 228 g/mol. The van der Waals surface area contributed by atoms with Crippen molar-refractivity contribution in [2.45, 2.75) is 6.18 Å². The molecule has 0 aliphatic heterocycles. The molecular formula is C9H7F3N4. The van der Waals surface area contributed by atoms with E-state index in [1.54, 1.807) is 12.1 Å². The maximum atomic E-state index is 12.3. The Bertz CT molecular complexity index is 489. The van der Waals surface area contributed by atoms with Crippen LogP contribution in [0.1, 0.15) is 5.69 Å². The molecule has 2 aromatic rings. The molecule has 0 aliphatic carbocycles. The van der Waals surface area contributed by atoms with Crippen molar-refractivity contribution in [1.82, 2.24) is 14.8 Å². The SMILES string of the molecule is Nc1cc(C(F)(F)F)nn1-c1ccccn1. The van der Waals surface area contributed by atoms with Gasteiger partial charge < -0.3 is 5.73 Å². The Morgan fingerprint density at radius 2 is 2.00 bits per heavy atom. The minimum absolute atomic E-state index is 0.106. The van der Waals surface area contributed by atoms with Gasteiger partial charge in [0, 0.05) is 12.3 Å². The molecule has 2 aromatic heterocycles. The fourth-order valence-corrected chi connectivity index (χ4v) is 1.20. The lowest BCUT2D eigenvalue weighted by Crippen LogP contribution is -2.08. The highest BCUT2D eigenvalue weighted by Crippen LogP contribution is 2.29. The fraction of sp³-hybridized carbons (Fsp3) is 0.111. The Morgan fingerprint density at radius 1 is 1.25 bits per heavy atom. The molecule has 0 bridgehead atoms. The number of hydrogen-bond acceptors (Lipinski definition) is 3. The quantitative estimate of drug-likeness (QED) is 0.810. The monoisotopic (exact) mass is 228 g/mol. The second-order valence-corrected chi connectivity index (χ2v) is 3.05. The van der Waals surface area contributed by atoms with Gasteiger partial charge in [0.2, 0.25) is 0 Å². The van der Waals surface area contributed by atoms with Crippen LogP contribution in [0.5, 0.6) is 0 Å². The van der Waals surface area contributed by atoms with Crippen LogP contribution < -0.4 is 5.73 Å². The molecule has 0 atom stereocenters. The minimum Gasteiger partial charge on any atom is -0.384 e. The molecule has 2 rings (SSSR count). The van der Waals surface area contributed by atoms with Crippen LogP contribution in [0, 0.1) is 0 Å².